The molecule has 1 aliphatic heterocycles. The van der Waals surface area contributed by atoms with E-state index < -0.39 is 17.5 Å². The van der Waals surface area contributed by atoms with Crippen molar-refractivity contribution < 1.29 is 19.2 Å². The molecule has 1 saturated heterocycles. The molecule has 1 aliphatic carbocycles. The molecule has 1 spiro atoms. The highest BCUT2D eigenvalue weighted by atomic mass is 16.2. The lowest BCUT2D eigenvalue weighted by atomic mass is 9.82. The molecule has 2 fully saturated rings. The zero-order chi connectivity index (χ0) is 20.0. The third kappa shape index (κ3) is 4.68. The molecule has 1 aromatic rings. The number of rotatable bonds is 7. The zero-order valence-electron chi connectivity index (χ0n) is 15.8. The van der Waals surface area contributed by atoms with E-state index in [0.29, 0.717) is 12.8 Å². The van der Waals surface area contributed by atoms with E-state index in [4.69, 9.17) is 0 Å². The SMILES string of the molecule is O=C(Cc1ccccc1)NCCNC(=O)CN1C(=O)NC2(CCCCC2)C1=O. The summed E-state index contributed by atoms with van der Waals surface area (Å²) in [5, 5.41) is 8.14. The summed E-state index contributed by atoms with van der Waals surface area (Å²) in [6, 6.07) is 8.87. The summed E-state index contributed by atoms with van der Waals surface area (Å²) < 4.78 is 0. The van der Waals surface area contributed by atoms with Crippen LogP contribution in [0.15, 0.2) is 30.3 Å². The Morgan fingerprint density at radius 1 is 0.964 bits per heavy atom. The number of amides is 5. The minimum Gasteiger partial charge on any atom is -0.354 e. The number of carbonyl (C=O) groups is 4. The summed E-state index contributed by atoms with van der Waals surface area (Å²) in [6.07, 6.45) is 4.39. The first-order valence-corrected chi connectivity index (χ1v) is 9.72. The summed E-state index contributed by atoms with van der Waals surface area (Å²) >= 11 is 0. The smallest absolute Gasteiger partial charge is 0.325 e. The Bertz CT molecular complexity index is 744. The highest BCUT2D eigenvalue weighted by molar-refractivity contribution is 6.09. The van der Waals surface area contributed by atoms with Crippen molar-refractivity contribution in [2.45, 2.75) is 44.1 Å². The number of urea groups is 1. The van der Waals surface area contributed by atoms with Crippen LogP contribution in [-0.2, 0) is 20.8 Å². The molecule has 3 N–H and O–H groups in total. The van der Waals surface area contributed by atoms with Crippen molar-refractivity contribution in [3.63, 3.8) is 0 Å². The molecule has 3 rings (SSSR count). The highest BCUT2D eigenvalue weighted by Gasteiger charge is 2.51. The third-order valence-corrected chi connectivity index (χ3v) is 5.23. The van der Waals surface area contributed by atoms with Gasteiger partial charge in [-0.2, -0.15) is 0 Å². The summed E-state index contributed by atoms with van der Waals surface area (Å²) in [7, 11) is 0. The molecule has 0 radical (unpaired) electrons. The quantitative estimate of drug-likeness (QED) is 0.474. The number of imide groups is 1. The van der Waals surface area contributed by atoms with Gasteiger partial charge in [-0.3, -0.25) is 19.3 Å². The highest BCUT2D eigenvalue weighted by Crippen LogP contribution is 2.33. The second-order valence-corrected chi connectivity index (χ2v) is 7.33. The van der Waals surface area contributed by atoms with Gasteiger partial charge in [0.05, 0.1) is 6.42 Å². The van der Waals surface area contributed by atoms with E-state index >= 15 is 0 Å². The van der Waals surface area contributed by atoms with Crippen LogP contribution in [0.1, 0.15) is 37.7 Å². The van der Waals surface area contributed by atoms with Gasteiger partial charge in [0.1, 0.15) is 12.1 Å². The molecular formula is C20H26N4O4. The Morgan fingerprint density at radius 2 is 1.61 bits per heavy atom. The first-order chi connectivity index (χ1) is 13.5. The van der Waals surface area contributed by atoms with E-state index in [0.717, 1.165) is 29.7 Å². The van der Waals surface area contributed by atoms with Gasteiger partial charge in [-0.15, -0.1) is 0 Å². The van der Waals surface area contributed by atoms with Gasteiger partial charge in [-0.1, -0.05) is 49.6 Å². The second-order valence-electron chi connectivity index (χ2n) is 7.33. The van der Waals surface area contributed by atoms with Gasteiger partial charge in [0, 0.05) is 13.1 Å². The molecule has 0 bridgehead atoms. The maximum atomic E-state index is 12.6. The minimum atomic E-state index is -0.818. The molecule has 0 atom stereocenters. The number of hydrogen-bond acceptors (Lipinski definition) is 4. The molecule has 0 unspecified atom stereocenters. The van der Waals surface area contributed by atoms with Crippen LogP contribution in [0.2, 0.25) is 0 Å². The molecule has 28 heavy (non-hydrogen) atoms. The molecular weight excluding hydrogens is 360 g/mol. The van der Waals surface area contributed by atoms with Gasteiger partial charge in [0.15, 0.2) is 0 Å². The minimum absolute atomic E-state index is 0.131. The predicted molar refractivity (Wildman–Crippen MR) is 102 cm³/mol. The fourth-order valence-corrected chi connectivity index (χ4v) is 3.76. The zero-order valence-corrected chi connectivity index (χ0v) is 15.8. The summed E-state index contributed by atoms with van der Waals surface area (Å²) in [4.78, 5) is 49.7. The topological polar surface area (TPSA) is 108 Å². The van der Waals surface area contributed by atoms with Crippen LogP contribution in [0.4, 0.5) is 4.79 Å². The molecule has 0 aromatic heterocycles. The molecule has 8 heteroatoms. The lowest BCUT2D eigenvalue weighted by Gasteiger charge is -2.30. The maximum absolute atomic E-state index is 12.6. The van der Waals surface area contributed by atoms with Crippen molar-refractivity contribution >= 4 is 23.8 Å². The third-order valence-electron chi connectivity index (χ3n) is 5.23. The van der Waals surface area contributed by atoms with E-state index in [-0.39, 0.29) is 37.9 Å². The van der Waals surface area contributed by atoms with Crippen molar-refractivity contribution in [2.24, 2.45) is 0 Å². The molecule has 1 saturated carbocycles. The first kappa shape index (κ1) is 19.9. The molecule has 1 heterocycles. The average Bonchev–Trinajstić information content (AvgIpc) is 2.90. The molecule has 1 aromatic carbocycles. The largest absolute Gasteiger partial charge is 0.354 e. The predicted octanol–water partition coefficient (Wildman–Crippen LogP) is 0.716. The van der Waals surface area contributed by atoms with Crippen LogP contribution in [0, 0.1) is 0 Å². The monoisotopic (exact) mass is 386 g/mol. The van der Waals surface area contributed by atoms with Crippen LogP contribution in [0.5, 0.6) is 0 Å². The van der Waals surface area contributed by atoms with Gasteiger partial charge >= 0.3 is 6.03 Å². The second kappa shape index (κ2) is 8.86. The number of benzene rings is 1. The lowest BCUT2D eigenvalue weighted by molar-refractivity contribution is -0.135. The van der Waals surface area contributed by atoms with E-state index in [1.165, 1.54) is 0 Å². The first-order valence-electron chi connectivity index (χ1n) is 9.72. The Labute approximate surface area is 164 Å². The summed E-state index contributed by atoms with van der Waals surface area (Å²) in [5.74, 6) is -0.856. The van der Waals surface area contributed by atoms with Crippen LogP contribution < -0.4 is 16.0 Å². The van der Waals surface area contributed by atoms with E-state index in [2.05, 4.69) is 16.0 Å². The van der Waals surface area contributed by atoms with Crippen LogP contribution in [0.25, 0.3) is 0 Å². The molecule has 2 aliphatic rings. The van der Waals surface area contributed by atoms with Crippen LogP contribution >= 0.6 is 0 Å². The van der Waals surface area contributed by atoms with Gasteiger partial charge in [-0.25, -0.2) is 4.79 Å². The van der Waals surface area contributed by atoms with E-state index in [9.17, 15) is 19.2 Å². The van der Waals surface area contributed by atoms with Crippen molar-refractivity contribution in [1.29, 1.82) is 0 Å². The summed E-state index contributed by atoms with van der Waals surface area (Å²) in [5.41, 5.74) is 0.0975. The number of nitrogens with zero attached hydrogens (tertiary/aromatic N) is 1. The van der Waals surface area contributed by atoms with E-state index in [1.807, 2.05) is 30.3 Å². The van der Waals surface area contributed by atoms with Crippen molar-refractivity contribution in [3.05, 3.63) is 35.9 Å². The number of hydrogen-bond donors (Lipinski definition) is 3. The van der Waals surface area contributed by atoms with Gasteiger partial charge in [0.2, 0.25) is 11.8 Å². The van der Waals surface area contributed by atoms with Crippen LogP contribution in [0.3, 0.4) is 0 Å². The standard InChI is InChI=1S/C20H26N4O4/c25-16(13-15-7-3-1-4-8-15)21-11-12-22-17(26)14-24-18(27)20(23-19(24)28)9-5-2-6-10-20/h1,3-4,7-8H,2,5-6,9-14H2,(H,21,25)(H,22,26)(H,23,28). The van der Waals surface area contributed by atoms with Gasteiger partial charge in [0.25, 0.3) is 5.91 Å². The van der Waals surface area contributed by atoms with E-state index in [1.54, 1.807) is 0 Å². The summed E-state index contributed by atoms with van der Waals surface area (Å²) in [6.45, 7) is 0.208. The maximum Gasteiger partial charge on any atom is 0.325 e. The van der Waals surface area contributed by atoms with Crippen molar-refractivity contribution in [1.82, 2.24) is 20.9 Å². The number of carbonyl (C=O) groups excluding carboxylic acids is 4. The Morgan fingerprint density at radius 3 is 2.29 bits per heavy atom. The Balaban J connectivity index is 1.38. The molecule has 8 nitrogen and oxygen atoms in total. The van der Waals surface area contributed by atoms with Gasteiger partial charge < -0.3 is 16.0 Å². The fourth-order valence-electron chi connectivity index (χ4n) is 3.76. The van der Waals surface area contributed by atoms with Crippen LogP contribution in [-0.4, -0.2) is 53.8 Å². The lowest BCUT2D eigenvalue weighted by Crippen LogP contribution is -2.49. The Kier molecular flexibility index (Phi) is 6.28. The van der Waals surface area contributed by atoms with Crippen molar-refractivity contribution in [2.75, 3.05) is 19.6 Å². The Hall–Kier alpha value is -2.90. The normalized spacial score (nSPS) is 18.1. The van der Waals surface area contributed by atoms with Gasteiger partial charge in [-0.05, 0) is 18.4 Å². The fraction of sp³-hybridized carbons (Fsp3) is 0.500. The number of nitrogens with one attached hydrogen (secondary N) is 3. The van der Waals surface area contributed by atoms with Crippen molar-refractivity contribution in [3.8, 4) is 0 Å². The average molecular weight is 386 g/mol. The molecule has 150 valence electrons. The molecule has 5 amide bonds.